The van der Waals surface area contributed by atoms with E-state index in [0.717, 1.165) is 24.1 Å². The monoisotopic (exact) mass is 324 g/mol. The zero-order valence-corrected chi connectivity index (χ0v) is 14.1. The van der Waals surface area contributed by atoms with E-state index in [1.807, 2.05) is 13.0 Å². The summed E-state index contributed by atoms with van der Waals surface area (Å²) in [7, 11) is 1.61. The minimum atomic E-state index is 0.115. The number of benzene rings is 1. The van der Waals surface area contributed by atoms with Crippen molar-refractivity contribution < 1.29 is 9.53 Å². The van der Waals surface area contributed by atoms with Gasteiger partial charge in [-0.25, -0.2) is 0 Å². The second kappa shape index (κ2) is 8.28. The summed E-state index contributed by atoms with van der Waals surface area (Å²) in [6, 6.07) is 4.11. The molecule has 0 aromatic heterocycles. The minimum Gasteiger partial charge on any atom is -0.495 e. The number of methoxy groups -OCH3 is 1. The topological polar surface area (TPSA) is 50.4 Å². The Labute approximate surface area is 137 Å². The average molecular weight is 325 g/mol. The Morgan fingerprint density at radius 3 is 2.73 bits per heavy atom. The van der Waals surface area contributed by atoms with Crippen LogP contribution in [0.25, 0.3) is 0 Å². The van der Waals surface area contributed by atoms with Crippen molar-refractivity contribution in [3.8, 4) is 5.75 Å². The van der Waals surface area contributed by atoms with Crippen LogP contribution < -0.4 is 15.4 Å². The van der Waals surface area contributed by atoms with Crippen LogP contribution in [0.1, 0.15) is 44.1 Å². The summed E-state index contributed by atoms with van der Waals surface area (Å²) in [4.78, 5) is 12.0. The molecule has 1 aliphatic carbocycles. The maximum absolute atomic E-state index is 12.0. The van der Waals surface area contributed by atoms with E-state index in [0.29, 0.717) is 29.8 Å². The number of aryl methyl sites for hydroxylation is 1. The average Bonchev–Trinajstić information content (AvgIpc) is 2.51. The summed E-state index contributed by atoms with van der Waals surface area (Å²) >= 11 is 6.09. The van der Waals surface area contributed by atoms with E-state index in [2.05, 4.69) is 10.6 Å². The Balaban J connectivity index is 1.80. The van der Waals surface area contributed by atoms with Crippen molar-refractivity contribution in [2.75, 3.05) is 19.0 Å². The lowest BCUT2D eigenvalue weighted by Gasteiger charge is -2.22. The fourth-order valence-corrected chi connectivity index (χ4v) is 2.98. The molecule has 1 amide bonds. The highest BCUT2D eigenvalue weighted by molar-refractivity contribution is 6.31. The first kappa shape index (κ1) is 16.9. The van der Waals surface area contributed by atoms with Crippen LogP contribution in [0.4, 0.5) is 5.69 Å². The SMILES string of the molecule is COc1cc(Cl)c(C)cc1NCCC(=O)NC1CCCCC1. The molecule has 0 aliphatic heterocycles. The van der Waals surface area contributed by atoms with Crippen molar-refractivity contribution in [2.45, 2.75) is 51.5 Å². The standard InChI is InChI=1S/C17H25ClN2O2/c1-12-10-15(16(22-2)11-14(12)18)19-9-8-17(21)20-13-6-4-3-5-7-13/h10-11,13,19H,3-9H2,1-2H3,(H,20,21). The molecule has 4 nitrogen and oxygen atoms in total. The maximum atomic E-state index is 12.0. The van der Waals surface area contributed by atoms with E-state index < -0.39 is 0 Å². The number of carbonyl (C=O) groups is 1. The molecule has 1 fully saturated rings. The lowest BCUT2D eigenvalue weighted by atomic mass is 9.95. The Hall–Kier alpha value is -1.42. The van der Waals surface area contributed by atoms with Gasteiger partial charge in [-0.1, -0.05) is 30.9 Å². The summed E-state index contributed by atoms with van der Waals surface area (Å²) in [5.74, 6) is 0.812. The first-order valence-corrected chi connectivity index (χ1v) is 8.35. The largest absolute Gasteiger partial charge is 0.495 e. The Morgan fingerprint density at radius 2 is 2.05 bits per heavy atom. The van der Waals surface area contributed by atoms with Crippen LogP contribution in [0, 0.1) is 6.92 Å². The van der Waals surface area contributed by atoms with E-state index >= 15 is 0 Å². The van der Waals surface area contributed by atoms with Crippen molar-refractivity contribution in [1.82, 2.24) is 5.32 Å². The predicted molar refractivity (Wildman–Crippen MR) is 90.9 cm³/mol. The number of hydrogen-bond acceptors (Lipinski definition) is 3. The van der Waals surface area contributed by atoms with Gasteiger partial charge in [-0.15, -0.1) is 0 Å². The molecule has 0 heterocycles. The maximum Gasteiger partial charge on any atom is 0.221 e. The Bertz CT molecular complexity index is 514. The quantitative estimate of drug-likeness (QED) is 0.834. The van der Waals surface area contributed by atoms with E-state index in [9.17, 15) is 4.79 Å². The fourth-order valence-electron chi connectivity index (χ4n) is 2.83. The molecule has 0 bridgehead atoms. The van der Waals surface area contributed by atoms with Crippen LogP contribution in [0.3, 0.4) is 0 Å². The van der Waals surface area contributed by atoms with Crippen LogP contribution in [0.15, 0.2) is 12.1 Å². The molecule has 0 atom stereocenters. The number of ether oxygens (including phenoxy) is 1. The normalized spacial score (nSPS) is 15.4. The molecule has 0 radical (unpaired) electrons. The molecule has 22 heavy (non-hydrogen) atoms. The summed E-state index contributed by atoms with van der Waals surface area (Å²) in [5.41, 5.74) is 1.85. The molecule has 2 N–H and O–H groups in total. The molecule has 1 saturated carbocycles. The van der Waals surface area contributed by atoms with Crippen LogP contribution >= 0.6 is 11.6 Å². The van der Waals surface area contributed by atoms with Crippen molar-refractivity contribution in [3.05, 3.63) is 22.7 Å². The molecule has 0 spiro atoms. The fraction of sp³-hybridized carbons (Fsp3) is 0.588. The summed E-state index contributed by atoms with van der Waals surface area (Å²) < 4.78 is 5.31. The van der Waals surface area contributed by atoms with Gasteiger partial charge in [0.15, 0.2) is 0 Å². The van der Waals surface area contributed by atoms with Gasteiger partial charge >= 0.3 is 0 Å². The first-order chi connectivity index (χ1) is 10.6. The van der Waals surface area contributed by atoms with Gasteiger partial charge in [0.1, 0.15) is 5.75 Å². The lowest BCUT2D eigenvalue weighted by molar-refractivity contribution is -0.121. The van der Waals surface area contributed by atoms with Gasteiger partial charge in [-0.05, 0) is 31.4 Å². The van der Waals surface area contributed by atoms with Crippen molar-refractivity contribution >= 4 is 23.2 Å². The highest BCUT2D eigenvalue weighted by Gasteiger charge is 2.15. The van der Waals surface area contributed by atoms with Gasteiger partial charge in [-0.2, -0.15) is 0 Å². The Kier molecular flexibility index (Phi) is 6.37. The second-order valence-corrected chi connectivity index (χ2v) is 6.29. The number of hydrogen-bond donors (Lipinski definition) is 2. The third-order valence-electron chi connectivity index (χ3n) is 4.12. The van der Waals surface area contributed by atoms with Gasteiger partial charge in [0, 0.05) is 30.1 Å². The number of rotatable bonds is 6. The molecule has 2 rings (SSSR count). The molecule has 1 aliphatic rings. The van der Waals surface area contributed by atoms with Gasteiger partial charge < -0.3 is 15.4 Å². The van der Waals surface area contributed by atoms with Gasteiger partial charge in [0.2, 0.25) is 5.91 Å². The third-order valence-corrected chi connectivity index (χ3v) is 4.53. The number of halogens is 1. The highest BCUT2D eigenvalue weighted by atomic mass is 35.5. The zero-order chi connectivity index (χ0) is 15.9. The Morgan fingerprint density at radius 1 is 1.32 bits per heavy atom. The van der Waals surface area contributed by atoms with E-state index in [1.165, 1.54) is 19.3 Å². The smallest absolute Gasteiger partial charge is 0.221 e. The highest BCUT2D eigenvalue weighted by Crippen LogP contribution is 2.30. The lowest BCUT2D eigenvalue weighted by Crippen LogP contribution is -2.36. The number of carbonyl (C=O) groups excluding carboxylic acids is 1. The summed E-state index contributed by atoms with van der Waals surface area (Å²) in [5, 5.41) is 7.06. The molecular formula is C17H25ClN2O2. The van der Waals surface area contributed by atoms with Crippen molar-refractivity contribution in [1.29, 1.82) is 0 Å². The third kappa shape index (κ3) is 4.80. The molecule has 1 aromatic rings. The van der Waals surface area contributed by atoms with Gasteiger partial charge in [-0.3, -0.25) is 4.79 Å². The number of nitrogens with one attached hydrogen (secondary N) is 2. The predicted octanol–water partition coefficient (Wildman–Crippen LogP) is 3.91. The van der Waals surface area contributed by atoms with E-state index in [-0.39, 0.29) is 5.91 Å². The van der Waals surface area contributed by atoms with Gasteiger partial charge in [0.05, 0.1) is 12.8 Å². The molecule has 5 heteroatoms. The van der Waals surface area contributed by atoms with Crippen LogP contribution in [-0.2, 0) is 4.79 Å². The van der Waals surface area contributed by atoms with Gasteiger partial charge in [0.25, 0.3) is 0 Å². The van der Waals surface area contributed by atoms with E-state index in [4.69, 9.17) is 16.3 Å². The number of amides is 1. The first-order valence-electron chi connectivity index (χ1n) is 7.97. The minimum absolute atomic E-state index is 0.115. The van der Waals surface area contributed by atoms with Crippen molar-refractivity contribution in [3.63, 3.8) is 0 Å². The van der Waals surface area contributed by atoms with Crippen LogP contribution in [0.2, 0.25) is 5.02 Å². The van der Waals surface area contributed by atoms with Crippen LogP contribution in [-0.4, -0.2) is 25.6 Å². The second-order valence-electron chi connectivity index (χ2n) is 5.88. The number of anilines is 1. The molecule has 0 saturated heterocycles. The summed E-state index contributed by atoms with van der Waals surface area (Å²) in [6.07, 6.45) is 6.44. The van der Waals surface area contributed by atoms with Crippen LogP contribution in [0.5, 0.6) is 5.75 Å². The zero-order valence-electron chi connectivity index (χ0n) is 13.4. The van der Waals surface area contributed by atoms with Crippen molar-refractivity contribution in [2.24, 2.45) is 0 Å². The molecule has 1 aromatic carbocycles. The molecule has 0 unspecified atom stereocenters. The van der Waals surface area contributed by atoms with E-state index in [1.54, 1.807) is 13.2 Å². The summed E-state index contributed by atoms with van der Waals surface area (Å²) in [6.45, 7) is 2.53. The molecule has 122 valence electrons. The molecular weight excluding hydrogens is 300 g/mol.